The van der Waals surface area contributed by atoms with Gasteiger partial charge in [-0.25, -0.2) is 0 Å². The molecular weight excluding hydrogens is 238 g/mol. The van der Waals surface area contributed by atoms with Crippen molar-refractivity contribution in [2.24, 2.45) is 5.92 Å². The first-order chi connectivity index (χ1) is 8.69. The number of aryl methyl sites for hydroxylation is 1. The molecule has 0 aliphatic heterocycles. The molecule has 0 radical (unpaired) electrons. The zero-order valence-electron chi connectivity index (χ0n) is 11.8. The Morgan fingerprint density at radius 1 is 1.33 bits per heavy atom. The Kier molecular flexibility index (Phi) is 5.13. The van der Waals surface area contributed by atoms with Gasteiger partial charge in [-0.15, -0.1) is 11.8 Å². The van der Waals surface area contributed by atoms with E-state index >= 15 is 0 Å². The highest BCUT2D eigenvalue weighted by molar-refractivity contribution is 8.00. The van der Waals surface area contributed by atoms with Gasteiger partial charge in [-0.2, -0.15) is 0 Å². The quantitative estimate of drug-likeness (QED) is 0.865. The van der Waals surface area contributed by atoms with Crippen molar-refractivity contribution in [3.05, 3.63) is 29.3 Å². The molecule has 1 aliphatic rings. The highest BCUT2D eigenvalue weighted by Crippen LogP contribution is 2.37. The monoisotopic (exact) mass is 263 g/mol. The van der Waals surface area contributed by atoms with Crippen LogP contribution in [-0.4, -0.2) is 12.3 Å². The summed E-state index contributed by atoms with van der Waals surface area (Å²) in [5, 5.41) is 4.05. The molecule has 0 aromatic heterocycles. The first-order valence-corrected chi connectivity index (χ1v) is 7.97. The van der Waals surface area contributed by atoms with Crippen molar-refractivity contribution in [2.75, 3.05) is 7.05 Å². The van der Waals surface area contributed by atoms with Crippen molar-refractivity contribution in [1.29, 1.82) is 0 Å². The van der Waals surface area contributed by atoms with Crippen LogP contribution in [0.5, 0.6) is 0 Å². The van der Waals surface area contributed by atoms with Gasteiger partial charge in [0.15, 0.2) is 0 Å². The zero-order chi connectivity index (χ0) is 13.0. The van der Waals surface area contributed by atoms with Crippen molar-refractivity contribution in [2.45, 2.75) is 56.2 Å². The number of rotatable bonds is 4. The number of thioether (sulfide) groups is 1. The summed E-state index contributed by atoms with van der Waals surface area (Å²) in [6.07, 6.45) is 5.63. The second-order valence-electron chi connectivity index (χ2n) is 5.64. The molecule has 0 amide bonds. The third-order valence-electron chi connectivity index (χ3n) is 3.80. The summed E-state index contributed by atoms with van der Waals surface area (Å²) < 4.78 is 0. The first kappa shape index (κ1) is 14.0. The summed E-state index contributed by atoms with van der Waals surface area (Å²) in [7, 11) is 2.00. The SMILES string of the molecule is CNCc1ccc(SC2CCCC(C)C2)c(C)c1. The topological polar surface area (TPSA) is 12.0 Å². The van der Waals surface area contributed by atoms with E-state index in [9.17, 15) is 0 Å². The van der Waals surface area contributed by atoms with Gasteiger partial charge in [0.25, 0.3) is 0 Å². The van der Waals surface area contributed by atoms with Gasteiger partial charge in [0, 0.05) is 16.7 Å². The summed E-state index contributed by atoms with van der Waals surface area (Å²) in [4.78, 5) is 1.48. The van der Waals surface area contributed by atoms with Crippen LogP contribution in [-0.2, 0) is 6.54 Å². The highest BCUT2D eigenvalue weighted by Gasteiger charge is 2.20. The van der Waals surface area contributed by atoms with Crippen LogP contribution in [0.25, 0.3) is 0 Å². The largest absolute Gasteiger partial charge is 0.316 e. The number of nitrogens with one attached hydrogen (secondary N) is 1. The number of benzene rings is 1. The molecule has 18 heavy (non-hydrogen) atoms. The average Bonchev–Trinajstić information content (AvgIpc) is 2.33. The lowest BCUT2D eigenvalue weighted by Crippen LogP contribution is -2.15. The summed E-state index contributed by atoms with van der Waals surface area (Å²) in [5.74, 6) is 0.917. The van der Waals surface area contributed by atoms with Gasteiger partial charge in [0.1, 0.15) is 0 Å². The fourth-order valence-corrected chi connectivity index (χ4v) is 4.28. The summed E-state index contributed by atoms with van der Waals surface area (Å²) in [6, 6.07) is 6.90. The fourth-order valence-electron chi connectivity index (χ4n) is 2.82. The van der Waals surface area contributed by atoms with Crippen LogP contribution >= 0.6 is 11.8 Å². The lowest BCUT2D eigenvalue weighted by atomic mass is 9.91. The minimum absolute atomic E-state index is 0.836. The molecule has 1 aromatic carbocycles. The van der Waals surface area contributed by atoms with Crippen LogP contribution in [0, 0.1) is 12.8 Å². The van der Waals surface area contributed by atoms with Crippen LogP contribution in [0.15, 0.2) is 23.1 Å². The third-order valence-corrected chi connectivity index (χ3v) is 5.28. The van der Waals surface area contributed by atoms with Crippen LogP contribution < -0.4 is 5.32 Å². The second-order valence-corrected chi connectivity index (χ2v) is 6.98. The van der Waals surface area contributed by atoms with E-state index in [4.69, 9.17) is 0 Å². The van der Waals surface area contributed by atoms with Crippen molar-refractivity contribution in [1.82, 2.24) is 5.32 Å². The van der Waals surface area contributed by atoms with E-state index in [0.717, 1.165) is 17.7 Å². The van der Waals surface area contributed by atoms with Gasteiger partial charge in [-0.3, -0.25) is 0 Å². The van der Waals surface area contributed by atoms with E-state index in [-0.39, 0.29) is 0 Å². The molecule has 1 saturated carbocycles. The van der Waals surface area contributed by atoms with Gasteiger partial charge < -0.3 is 5.32 Å². The Morgan fingerprint density at radius 2 is 2.17 bits per heavy atom. The van der Waals surface area contributed by atoms with Crippen LogP contribution in [0.2, 0.25) is 0 Å². The summed E-state index contributed by atoms with van der Waals surface area (Å²) in [5.41, 5.74) is 2.82. The lowest BCUT2D eigenvalue weighted by molar-refractivity contribution is 0.394. The van der Waals surface area contributed by atoms with Crippen molar-refractivity contribution in [3.8, 4) is 0 Å². The van der Waals surface area contributed by atoms with Crippen molar-refractivity contribution < 1.29 is 0 Å². The van der Waals surface area contributed by atoms with E-state index in [1.54, 1.807) is 0 Å². The molecule has 2 rings (SSSR count). The maximum absolute atomic E-state index is 3.21. The summed E-state index contributed by atoms with van der Waals surface area (Å²) >= 11 is 2.10. The molecule has 2 atom stereocenters. The molecule has 1 aromatic rings. The molecule has 1 aliphatic carbocycles. The van der Waals surface area contributed by atoms with Crippen LogP contribution in [0.4, 0.5) is 0 Å². The predicted molar refractivity (Wildman–Crippen MR) is 81.2 cm³/mol. The standard InChI is InChI=1S/C16H25NS/c1-12-5-4-6-15(9-12)18-16-8-7-14(11-17-3)10-13(16)2/h7-8,10,12,15,17H,4-6,9,11H2,1-3H3. The average molecular weight is 263 g/mol. The van der Waals surface area contributed by atoms with E-state index in [1.165, 1.54) is 41.7 Å². The van der Waals surface area contributed by atoms with Crippen molar-refractivity contribution >= 4 is 11.8 Å². The third kappa shape index (κ3) is 3.76. The lowest BCUT2D eigenvalue weighted by Gasteiger charge is -2.26. The van der Waals surface area contributed by atoms with E-state index in [2.05, 4.69) is 49.1 Å². The summed E-state index contributed by atoms with van der Waals surface area (Å²) in [6.45, 7) is 5.61. The molecule has 0 spiro atoms. The van der Waals surface area contributed by atoms with E-state index < -0.39 is 0 Å². The molecule has 2 unspecified atom stereocenters. The number of hydrogen-bond acceptors (Lipinski definition) is 2. The van der Waals surface area contributed by atoms with Gasteiger partial charge in [0.2, 0.25) is 0 Å². The predicted octanol–water partition coefficient (Wildman–Crippen LogP) is 4.39. The zero-order valence-corrected chi connectivity index (χ0v) is 12.6. The van der Waals surface area contributed by atoms with Crippen LogP contribution in [0.1, 0.15) is 43.7 Å². The first-order valence-electron chi connectivity index (χ1n) is 7.10. The van der Waals surface area contributed by atoms with Gasteiger partial charge in [0.05, 0.1) is 0 Å². The molecule has 1 fully saturated rings. The smallest absolute Gasteiger partial charge is 0.0202 e. The Balaban J connectivity index is 2.00. The van der Waals surface area contributed by atoms with Gasteiger partial charge in [-0.05, 0) is 49.9 Å². The van der Waals surface area contributed by atoms with E-state index in [0.29, 0.717) is 0 Å². The Morgan fingerprint density at radius 3 is 2.83 bits per heavy atom. The van der Waals surface area contributed by atoms with Crippen molar-refractivity contribution in [3.63, 3.8) is 0 Å². The van der Waals surface area contributed by atoms with E-state index in [1.807, 2.05) is 7.05 Å². The molecule has 100 valence electrons. The van der Waals surface area contributed by atoms with Crippen LogP contribution in [0.3, 0.4) is 0 Å². The maximum Gasteiger partial charge on any atom is 0.0202 e. The molecule has 0 heterocycles. The minimum atomic E-state index is 0.836. The van der Waals surface area contributed by atoms with Gasteiger partial charge >= 0.3 is 0 Å². The Bertz CT molecular complexity index is 389. The molecular formula is C16H25NS. The highest BCUT2D eigenvalue weighted by atomic mass is 32.2. The number of hydrogen-bond donors (Lipinski definition) is 1. The Hall–Kier alpha value is -0.470. The fraction of sp³-hybridized carbons (Fsp3) is 0.625. The molecule has 1 N–H and O–H groups in total. The maximum atomic E-state index is 3.21. The second kappa shape index (κ2) is 6.63. The molecule has 0 bridgehead atoms. The Labute approximate surface area is 116 Å². The molecule has 1 nitrogen and oxygen atoms in total. The molecule has 0 saturated heterocycles. The minimum Gasteiger partial charge on any atom is -0.316 e. The normalized spacial score (nSPS) is 24.2. The van der Waals surface area contributed by atoms with Gasteiger partial charge in [-0.1, -0.05) is 31.9 Å². The molecule has 2 heteroatoms.